The lowest BCUT2D eigenvalue weighted by atomic mass is 10.1. The zero-order valence-electron chi connectivity index (χ0n) is 15.7. The molecule has 0 radical (unpaired) electrons. The Hall–Kier alpha value is -3.55. The van der Waals surface area contributed by atoms with E-state index in [0.717, 1.165) is 0 Å². The first-order valence-corrected chi connectivity index (χ1v) is 8.62. The first-order valence-electron chi connectivity index (χ1n) is 8.62. The summed E-state index contributed by atoms with van der Waals surface area (Å²) in [5, 5.41) is 15.2. The van der Waals surface area contributed by atoms with Crippen LogP contribution in [0.2, 0.25) is 0 Å². The summed E-state index contributed by atoms with van der Waals surface area (Å²) in [6.07, 6.45) is 1.40. The van der Waals surface area contributed by atoms with Crippen LogP contribution in [-0.2, 0) is 0 Å². The maximum atomic E-state index is 14.1. The highest BCUT2D eigenvalue weighted by Crippen LogP contribution is 2.25. The fourth-order valence-corrected chi connectivity index (χ4v) is 2.97. The topological polar surface area (TPSA) is 81.3 Å². The van der Waals surface area contributed by atoms with Gasteiger partial charge in [-0.3, -0.25) is 14.9 Å². The molecule has 7 nitrogen and oxygen atoms in total. The number of nitro benzene ring substituents is 1. The molecule has 28 heavy (non-hydrogen) atoms. The average Bonchev–Trinajstić information content (AvgIpc) is 3.07. The first kappa shape index (κ1) is 19.2. The molecule has 1 amide bonds. The number of para-hydroxylation sites is 1. The molecule has 0 N–H and O–H groups in total. The van der Waals surface area contributed by atoms with Gasteiger partial charge in [0.25, 0.3) is 11.6 Å². The van der Waals surface area contributed by atoms with E-state index in [1.807, 2.05) is 0 Å². The Bertz CT molecular complexity index is 1050. The number of non-ortho nitro benzene ring substituents is 1. The SMILES string of the molecule is Cc1c(C(=O)N(C)[C@@H](C)c2cccc([N+](=O)[O-])c2)cnn1-c1ccccc1F. The fourth-order valence-electron chi connectivity index (χ4n) is 2.97. The summed E-state index contributed by atoms with van der Waals surface area (Å²) in [5.41, 5.74) is 1.71. The van der Waals surface area contributed by atoms with Gasteiger partial charge in [-0.1, -0.05) is 24.3 Å². The van der Waals surface area contributed by atoms with E-state index in [4.69, 9.17) is 0 Å². The zero-order valence-corrected chi connectivity index (χ0v) is 15.7. The Morgan fingerprint density at radius 2 is 1.96 bits per heavy atom. The number of hydrogen-bond acceptors (Lipinski definition) is 4. The van der Waals surface area contributed by atoms with Crippen LogP contribution < -0.4 is 0 Å². The number of rotatable bonds is 5. The van der Waals surface area contributed by atoms with Crippen molar-refractivity contribution in [1.82, 2.24) is 14.7 Å². The van der Waals surface area contributed by atoms with E-state index in [9.17, 15) is 19.3 Å². The van der Waals surface area contributed by atoms with Crippen molar-refractivity contribution in [3.63, 3.8) is 0 Å². The van der Waals surface area contributed by atoms with E-state index in [2.05, 4.69) is 5.10 Å². The standard InChI is InChI=1S/C20H19FN4O3/c1-13(15-7-6-8-16(11-15)25(27)28)23(3)20(26)17-12-22-24(14(17)2)19-10-5-4-9-18(19)21/h4-13H,1-3H3/t13-/m0/s1. The quantitative estimate of drug-likeness (QED) is 0.492. The molecule has 144 valence electrons. The lowest BCUT2D eigenvalue weighted by Gasteiger charge is -2.25. The van der Waals surface area contributed by atoms with Crippen molar-refractivity contribution in [3.05, 3.63) is 87.5 Å². The van der Waals surface area contributed by atoms with E-state index in [-0.39, 0.29) is 17.3 Å². The van der Waals surface area contributed by atoms with Crippen molar-refractivity contribution in [2.75, 3.05) is 7.05 Å². The van der Waals surface area contributed by atoms with E-state index >= 15 is 0 Å². The van der Waals surface area contributed by atoms with Crippen molar-refractivity contribution in [2.24, 2.45) is 0 Å². The summed E-state index contributed by atoms with van der Waals surface area (Å²) in [6, 6.07) is 12.0. The molecule has 1 atom stereocenters. The summed E-state index contributed by atoms with van der Waals surface area (Å²) >= 11 is 0. The van der Waals surface area contributed by atoms with Crippen molar-refractivity contribution < 1.29 is 14.1 Å². The number of carbonyl (C=O) groups excluding carboxylic acids is 1. The van der Waals surface area contributed by atoms with Gasteiger partial charge < -0.3 is 4.90 Å². The summed E-state index contributed by atoms with van der Waals surface area (Å²) in [5.74, 6) is -0.745. The number of benzene rings is 2. The Kier molecular flexibility index (Phi) is 5.21. The van der Waals surface area contributed by atoms with Crippen LogP contribution in [0.4, 0.5) is 10.1 Å². The van der Waals surface area contributed by atoms with Gasteiger partial charge in [-0.25, -0.2) is 9.07 Å². The van der Waals surface area contributed by atoms with Gasteiger partial charge >= 0.3 is 0 Å². The molecular weight excluding hydrogens is 363 g/mol. The normalized spacial score (nSPS) is 11.9. The number of halogens is 1. The number of nitrogens with zero attached hydrogens (tertiary/aromatic N) is 4. The molecule has 0 saturated carbocycles. The zero-order chi connectivity index (χ0) is 20.4. The largest absolute Gasteiger partial charge is 0.335 e. The smallest absolute Gasteiger partial charge is 0.269 e. The van der Waals surface area contributed by atoms with Gasteiger partial charge in [-0.15, -0.1) is 0 Å². The second-order valence-corrected chi connectivity index (χ2v) is 6.45. The minimum atomic E-state index is -0.472. The van der Waals surface area contributed by atoms with Crippen LogP contribution in [0.3, 0.4) is 0 Å². The molecule has 8 heteroatoms. The number of amides is 1. The summed E-state index contributed by atoms with van der Waals surface area (Å²) < 4.78 is 15.4. The van der Waals surface area contributed by atoms with Crippen molar-refractivity contribution >= 4 is 11.6 Å². The molecule has 1 aromatic heterocycles. The highest BCUT2D eigenvalue weighted by molar-refractivity contribution is 5.95. The molecule has 0 aliphatic heterocycles. The molecular formula is C20H19FN4O3. The van der Waals surface area contributed by atoms with E-state index < -0.39 is 16.8 Å². The van der Waals surface area contributed by atoms with Crippen molar-refractivity contribution in [1.29, 1.82) is 0 Å². The molecule has 3 aromatic rings. The highest BCUT2D eigenvalue weighted by atomic mass is 19.1. The molecule has 3 rings (SSSR count). The molecule has 0 aliphatic carbocycles. The maximum absolute atomic E-state index is 14.1. The van der Waals surface area contributed by atoms with E-state index in [0.29, 0.717) is 16.8 Å². The van der Waals surface area contributed by atoms with Crippen LogP contribution in [0.25, 0.3) is 5.69 Å². The molecule has 2 aromatic carbocycles. The molecule has 0 fully saturated rings. The predicted octanol–water partition coefficient (Wildman–Crippen LogP) is 4.06. The average molecular weight is 382 g/mol. The Labute approximate surface area is 161 Å². The van der Waals surface area contributed by atoms with Gasteiger partial charge in [0.15, 0.2) is 0 Å². The predicted molar refractivity (Wildman–Crippen MR) is 102 cm³/mol. The third kappa shape index (κ3) is 3.48. The minimum absolute atomic E-state index is 0.0336. The lowest BCUT2D eigenvalue weighted by molar-refractivity contribution is -0.384. The van der Waals surface area contributed by atoms with Crippen LogP contribution in [0.5, 0.6) is 0 Å². The van der Waals surface area contributed by atoms with E-state index in [1.165, 1.54) is 34.0 Å². The first-order chi connectivity index (χ1) is 13.3. The molecule has 0 spiro atoms. The number of hydrogen-bond donors (Lipinski definition) is 0. The molecule has 0 saturated heterocycles. The molecule has 0 unspecified atom stereocenters. The Morgan fingerprint density at radius 1 is 1.25 bits per heavy atom. The van der Waals surface area contributed by atoms with Crippen LogP contribution >= 0.6 is 0 Å². The molecule has 0 aliphatic rings. The maximum Gasteiger partial charge on any atom is 0.269 e. The summed E-state index contributed by atoms with van der Waals surface area (Å²) in [4.78, 5) is 25.0. The van der Waals surface area contributed by atoms with Crippen LogP contribution in [-0.4, -0.2) is 32.6 Å². The highest BCUT2D eigenvalue weighted by Gasteiger charge is 2.24. The third-order valence-electron chi connectivity index (χ3n) is 4.79. The third-order valence-corrected chi connectivity index (χ3v) is 4.79. The lowest BCUT2D eigenvalue weighted by Crippen LogP contribution is -2.30. The number of aromatic nitrogens is 2. The monoisotopic (exact) mass is 382 g/mol. The second kappa shape index (κ2) is 7.59. The Balaban J connectivity index is 1.89. The summed E-state index contributed by atoms with van der Waals surface area (Å²) in [7, 11) is 1.62. The second-order valence-electron chi connectivity index (χ2n) is 6.45. The summed E-state index contributed by atoms with van der Waals surface area (Å²) in [6.45, 7) is 3.48. The fraction of sp³-hybridized carbons (Fsp3) is 0.200. The molecule has 1 heterocycles. The van der Waals surface area contributed by atoms with Gasteiger partial charge in [0.05, 0.1) is 28.4 Å². The van der Waals surface area contributed by atoms with Crippen molar-refractivity contribution in [3.8, 4) is 5.69 Å². The number of nitro groups is 1. The Morgan fingerprint density at radius 3 is 2.64 bits per heavy atom. The number of carbonyl (C=O) groups is 1. The van der Waals surface area contributed by atoms with Gasteiger partial charge in [0.1, 0.15) is 11.5 Å². The van der Waals surface area contributed by atoms with Gasteiger partial charge in [0, 0.05) is 19.2 Å². The van der Waals surface area contributed by atoms with Crippen LogP contribution in [0, 0.1) is 22.9 Å². The molecule has 0 bridgehead atoms. The van der Waals surface area contributed by atoms with Gasteiger partial charge in [0.2, 0.25) is 0 Å². The van der Waals surface area contributed by atoms with Crippen LogP contribution in [0.1, 0.15) is 34.6 Å². The van der Waals surface area contributed by atoms with Gasteiger partial charge in [-0.2, -0.15) is 5.10 Å². The van der Waals surface area contributed by atoms with Crippen molar-refractivity contribution in [2.45, 2.75) is 19.9 Å². The van der Waals surface area contributed by atoms with Crippen LogP contribution in [0.15, 0.2) is 54.7 Å². The minimum Gasteiger partial charge on any atom is -0.335 e. The van der Waals surface area contributed by atoms with E-state index in [1.54, 1.807) is 51.2 Å². The van der Waals surface area contributed by atoms with Gasteiger partial charge in [-0.05, 0) is 31.5 Å².